The highest BCUT2D eigenvalue weighted by molar-refractivity contribution is 9.10. The minimum atomic E-state index is 0.695. The highest BCUT2D eigenvalue weighted by Gasteiger charge is 2.06. The van der Waals surface area contributed by atoms with Crippen molar-refractivity contribution in [2.45, 2.75) is 0 Å². The second-order valence-electron chi connectivity index (χ2n) is 4.53. The maximum absolute atomic E-state index is 4.72. The van der Waals surface area contributed by atoms with E-state index in [-0.39, 0.29) is 0 Å². The summed E-state index contributed by atoms with van der Waals surface area (Å²) in [6.45, 7) is 0. The van der Waals surface area contributed by atoms with Gasteiger partial charge in [-0.2, -0.15) is 0 Å². The van der Waals surface area contributed by atoms with Crippen molar-refractivity contribution < 1.29 is 0 Å². The van der Waals surface area contributed by atoms with Gasteiger partial charge in [-0.1, -0.05) is 60.7 Å². The Morgan fingerprint density at radius 3 is 1.81 bits per heavy atom. The van der Waals surface area contributed by atoms with Crippen LogP contribution in [0, 0.1) is 0 Å². The summed E-state index contributed by atoms with van der Waals surface area (Å²) in [6, 6.07) is 24.2. The fraction of sp³-hybridized carbons (Fsp3) is 0. The van der Waals surface area contributed by atoms with Crippen molar-refractivity contribution in [3.63, 3.8) is 0 Å². The molecular weight excluding hydrogens is 324 g/mol. The van der Waals surface area contributed by atoms with Crippen molar-refractivity contribution in [1.29, 1.82) is 0 Å². The summed E-state index contributed by atoms with van der Waals surface area (Å²) in [5, 5.41) is 0. The molecule has 2 nitrogen and oxygen atoms in total. The van der Waals surface area contributed by atoms with Crippen molar-refractivity contribution in [3.8, 4) is 0 Å². The van der Waals surface area contributed by atoms with Crippen LogP contribution in [-0.2, 0) is 0 Å². The van der Waals surface area contributed by atoms with Gasteiger partial charge in [-0.3, -0.25) is 0 Å². The lowest BCUT2D eigenvalue weighted by molar-refractivity contribution is 1.26. The van der Waals surface area contributed by atoms with E-state index in [1.807, 2.05) is 48.5 Å². The number of halogens is 1. The SMILES string of the molecule is Brc1ccc(N=C(c2ccccc2)c2ccccc2)nc1. The summed E-state index contributed by atoms with van der Waals surface area (Å²) in [4.78, 5) is 9.06. The molecule has 21 heavy (non-hydrogen) atoms. The van der Waals surface area contributed by atoms with Gasteiger partial charge in [-0.15, -0.1) is 0 Å². The van der Waals surface area contributed by atoms with E-state index in [2.05, 4.69) is 45.2 Å². The summed E-state index contributed by atoms with van der Waals surface area (Å²) < 4.78 is 0.947. The van der Waals surface area contributed by atoms with Gasteiger partial charge in [-0.25, -0.2) is 9.98 Å². The maximum Gasteiger partial charge on any atom is 0.152 e. The molecule has 0 N–H and O–H groups in total. The maximum atomic E-state index is 4.72. The predicted molar refractivity (Wildman–Crippen MR) is 90.1 cm³/mol. The lowest BCUT2D eigenvalue weighted by atomic mass is 10.0. The predicted octanol–water partition coefficient (Wildman–Crippen LogP) is 5.01. The fourth-order valence-electron chi connectivity index (χ4n) is 2.04. The van der Waals surface area contributed by atoms with Gasteiger partial charge >= 0.3 is 0 Å². The first-order valence-electron chi connectivity index (χ1n) is 6.64. The van der Waals surface area contributed by atoms with Crippen molar-refractivity contribution in [2.75, 3.05) is 0 Å². The fourth-order valence-corrected chi connectivity index (χ4v) is 2.27. The van der Waals surface area contributed by atoms with Crippen molar-refractivity contribution in [3.05, 3.63) is 94.6 Å². The molecule has 0 amide bonds. The molecular formula is C18H13BrN2. The molecule has 0 aliphatic carbocycles. The number of benzene rings is 2. The van der Waals surface area contributed by atoms with Gasteiger partial charge in [0.25, 0.3) is 0 Å². The van der Waals surface area contributed by atoms with Crippen LogP contribution in [0.4, 0.5) is 5.82 Å². The van der Waals surface area contributed by atoms with Crippen LogP contribution in [0.3, 0.4) is 0 Å². The highest BCUT2D eigenvalue weighted by Crippen LogP contribution is 2.18. The number of rotatable bonds is 3. The first kappa shape index (κ1) is 13.7. The molecule has 0 radical (unpaired) electrons. The minimum absolute atomic E-state index is 0.695. The van der Waals surface area contributed by atoms with Gasteiger partial charge in [-0.05, 0) is 28.1 Å². The summed E-state index contributed by atoms with van der Waals surface area (Å²) >= 11 is 3.39. The zero-order valence-corrected chi connectivity index (χ0v) is 12.9. The number of aromatic nitrogens is 1. The summed E-state index contributed by atoms with van der Waals surface area (Å²) in [5.41, 5.74) is 3.08. The van der Waals surface area contributed by atoms with E-state index < -0.39 is 0 Å². The molecule has 0 saturated heterocycles. The first-order valence-corrected chi connectivity index (χ1v) is 7.43. The van der Waals surface area contributed by atoms with Gasteiger partial charge in [0.2, 0.25) is 0 Å². The van der Waals surface area contributed by atoms with Crippen LogP contribution in [0.5, 0.6) is 0 Å². The number of hydrogen-bond donors (Lipinski definition) is 0. The lowest BCUT2D eigenvalue weighted by Crippen LogP contribution is -2.02. The number of nitrogens with zero attached hydrogens (tertiary/aromatic N) is 2. The number of aliphatic imine (C=N–C) groups is 1. The van der Waals surface area contributed by atoms with Crippen molar-refractivity contribution in [1.82, 2.24) is 4.98 Å². The van der Waals surface area contributed by atoms with Crippen LogP contribution in [-0.4, -0.2) is 10.7 Å². The Balaban J connectivity index is 2.10. The van der Waals surface area contributed by atoms with E-state index in [1.54, 1.807) is 6.20 Å². The minimum Gasteiger partial charge on any atom is -0.236 e. The molecule has 0 spiro atoms. The van der Waals surface area contributed by atoms with Crippen LogP contribution >= 0.6 is 15.9 Å². The molecule has 0 bridgehead atoms. The lowest BCUT2D eigenvalue weighted by Gasteiger charge is -2.07. The first-order chi connectivity index (χ1) is 10.3. The van der Waals surface area contributed by atoms with Gasteiger partial charge < -0.3 is 0 Å². The molecule has 2 aromatic carbocycles. The average Bonchev–Trinajstić information content (AvgIpc) is 2.56. The quantitative estimate of drug-likeness (QED) is 0.617. The van der Waals surface area contributed by atoms with E-state index >= 15 is 0 Å². The van der Waals surface area contributed by atoms with E-state index in [0.29, 0.717) is 5.82 Å². The monoisotopic (exact) mass is 336 g/mol. The van der Waals surface area contributed by atoms with Crippen LogP contribution in [0.1, 0.15) is 11.1 Å². The molecule has 1 aromatic heterocycles. The zero-order chi connectivity index (χ0) is 14.5. The van der Waals surface area contributed by atoms with Crippen LogP contribution in [0.2, 0.25) is 0 Å². The zero-order valence-electron chi connectivity index (χ0n) is 11.3. The van der Waals surface area contributed by atoms with Crippen molar-refractivity contribution >= 4 is 27.5 Å². The molecule has 3 aromatic rings. The largest absolute Gasteiger partial charge is 0.236 e. The molecule has 0 aliphatic rings. The standard InChI is InChI=1S/C18H13BrN2/c19-16-11-12-17(20-13-16)21-18(14-7-3-1-4-8-14)15-9-5-2-6-10-15/h1-13H. The third kappa shape index (κ3) is 3.44. The molecule has 0 unspecified atom stereocenters. The topological polar surface area (TPSA) is 25.2 Å². The average molecular weight is 337 g/mol. The molecule has 0 atom stereocenters. The Morgan fingerprint density at radius 2 is 1.33 bits per heavy atom. The third-order valence-electron chi connectivity index (χ3n) is 3.03. The Labute approximate surface area is 132 Å². The normalized spacial score (nSPS) is 10.1. The van der Waals surface area contributed by atoms with Gasteiger partial charge in [0, 0.05) is 21.8 Å². The molecule has 1 heterocycles. The third-order valence-corrected chi connectivity index (χ3v) is 3.50. The molecule has 0 aliphatic heterocycles. The molecule has 3 heteroatoms. The van der Waals surface area contributed by atoms with Gasteiger partial charge in [0.05, 0.1) is 5.71 Å². The van der Waals surface area contributed by atoms with Gasteiger partial charge in [0.1, 0.15) is 0 Å². The van der Waals surface area contributed by atoms with Crippen molar-refractivity contribution in [2.24, 2.45) is 4.99 Å². The van der Waals surface area contributed by atoms with E-state index in [0.717, 1.165) is 21.3 Å². The second kappa shape index (κ2) is 6.46. The van der Waals surface area contributed by atoms with E-state index in [4.69, 9.17) is 4.99 Å². The Morgan fingerprint density at radius 1 is 0.762 bits per heavy atom. The summed E-state index contributed by atoms with van der Waals surface area (Å²) in [5.74, 6) is 0.695. The Hall–Kier alpha value is -2.26. The highest BCUT2D eigenvalue weighted by atomic mass is 79.9. The molecule has 3 rings (SSSR count). The Kier molecular flexibility index (Phi) is 4.22. The number of pyridine rings is 1. The molecule has 0 saturated carbocycles. The smallest absolute Gasteiger partial charge is 0.152 e. The summed E-state index contributed by atoms with van der Waals surface area (Å²) in [6.07, 6.45) is 1.76. The second-order valence-corrected chi connectivity index (χ2v) is 5.44. The van der Waals surface area contributed by atoms with Crippen LogP contribution < -0.4 is 0 Å². The van der Waals surface area contributed by atoms with Gasteiger partial charge in [0.15, 0.2) is 5.82 Å². The van der Waals surface area contributed by atoms with E-state index in [1.165, 1.54) is 0 Å². The summed E-state index contributed by atoms with van der Waals surface area (Å²) in [7, 11) is 0. The van der Waals surface area contributed by atoms with Crippen LogP contribution in [0.15, 0.2) is 88.5 Å². The Bertz CT molecular complexity index is 694. The molecule has 0 fully saturated rings. The van der Waals surface area contributed by atoms with Crippen LogP contribution in [0.25, 0.3) is 0 Å². The van der Waals surface area contributed by atoms with E-state index in [9.17, 15) is 0 Å². The molecule has 102 valence electrons. The number of hydrogen-bond acceptors (Lipinski definition) is 2.